The lowest BCUT2D eigenvalue weighted by molar-refractivity contribution is -0.131. The first-order chi connectivity index (χ1) is 13.5. The highest BCUT2D eigenvalue weighted by Gasteiger charge is 1.99. The number of benzene rings is 1. The second kappa shape index (κ2) is 14.5. The van der Waals surface area contributed by atoms with E-state index in [1.807, 2.05) is 43.4 Å². The van der Waals surface area contributed by atoms with Crippen molar-refractivity contribution in [2.75, 3.05) is 6.61 Å². The van der Waals surface area contributed by atoms with Gasteiger partial charge in [0.05, 0.1) is 6.61 Å². The van der Waals surface area contributed by atoms with Crippen LogP contribution in [0.15, 0.2) is 65.8 Å². The summed E-state index contributed by atoms with van der Waals surface area (Å²) in [5.41, 5.74) is 2.84. The van der Waals surface area contributed by atoms with Crippen LogP contribution in [0.4, 0.5) is 0 Å². The number of para-hydroxylation sites is 1. The number of unbranched alkanes of at least 4 members (excludes halogenated alkanes) is 5. The van der Waals surface area contributed by atoms with Crippen molar-refractivity contribution in [3.63, 3.8) is 0 Å². The van der Waals surface area contributed by atoms with E-state index in [0.717, 1.165) is 29.9 Å². The van der Waals surface area contributed by atoms with Gasteiger partial charge in [-0.25, -0.2) is 4.79 Å². The molecule has 0 atom stereocenters. The Morgan fingerprint density at radius 3 is 2.46 bits per heavy atom. The van der Waals surface area contributed by atoms with Gasteiger partial charge < -0.3 is 9.84 Å². The molecule has 0 saturated heterocycles. The predicted molar refractivity (Wildman–Crippen MR) is 119 cm³/mol. The lowest BCUT2D eigenvalue weighted by Gasteiger charge is -2.09. The van der Waals surface area contributed by atoms with Gasteiger partial charge in [0.25, 0.3) is 0 Å². The zero-order valence-corrected chi connectivity index (χ0v) is 17.5. The summed E-state index contributed by atoms with van der Waals surface area (Å²) in [6.07, 6.45) is 18.4. The van der Waals surface area contributed by atoms with Gasteiger partial charge in [0.2, 0.25) is 0 Å². The fourth-order valence-electron chi connectivity index (χ4n) is 2.69. The lowest BCUT2D eigenvalue weighted by Crippen LogP contribution is -1.98. The Hall–Kier alpha value is -2.55. The molecule has 0 bridgehead atoms. The van der Waals surface area contributed by atoms with Gasteiger partial charge in [-0.05, 0) is 31.9 Å². The Kier molecular flexibility index (Phi) is 12.2. The summed E-state index contributed by atoms with van der Waals surface area (Å²) in [6, 6.07) is 8.07. The third kappa shape index (κ3) is 11.2. The summed E-state index contributed by atoms with van der Waals surface area (Å²) < 4.78 is 5.98. The number of rotatable bonds is 13. The average Bonchev–Trinajstić information content (AvgIpc) is 2.66. The summed E-state index contributed by atoms with van der Waals surface area (Å²) in [7, 11) is 0. The highest BCUT2D eigenvalue weighted by molar-refractivity contribution is 5.81. The van der Waals surface area contributed by atoms with E-state index < -0.39 is 5.97 Å². The van der Waals surface area contributed by atoms with E-state index in [9.17, 15) is 4.79 Å². The molecule has 0 saturated carbocycles. The Balaban J connectivity index is 2.55. The van der Waals surface area contributed by atoms with E-state index in [2.05, 4.69) is 19.1 Å². The standard InChI is InChI=1S/C25H34O3/c1-4-5-6-7-8-11-19-28-24-16-10-9-15-23(24)18-17-21(2)13-12-14-22(3)20-25(26)27/h9-10,12-18,20H,4-8,11,19H2,1-3H3,(H,26,27)/b14-12+,18-17+,21-13+,22-20+. The minimum atomic E-state index is -0.930. The third-order valence-electron chi connectivity index (χ3n) is 4.27. The van der Waals surface area contributed by atoms with Crippen molar-refractivity contribution in [1.29, 1.82) is 0 Å². The van der Waals surface area contributed by atoms with Gasteiger partial charge in [0.15, 0.2) is 0 Å². The highest BCUT2D eigenvalue weighted by atomic mass is 16.5. The van der Waals surface area contributed by atoms with Gasteiger partial charge >= 0.3 is 5.97 Å². The molecule has 0 radical (unpaired) electrons. The molecular formula is C25H34O3. The summed E-state index contributed by atoms with van der Waals surface area (Å²) in [5, 5.41) is 8.71. The first-order valence-electron chi connectivity index (χ1n) is 10.2. The van der Waals surface area contributed by atoms with E-state index in [4.69, 9.17) is 9.84 Å². The van der Waals surface area contributed by atoms with Gasteiger partial charge in [-0.15, -0.1) is 0 Å². The molecule has 28 heavy (non-hydrogen) atoms. The maximum Gasteiger partial charge on any atom is 0.328 e. The Labute approximate surface area is 170 Å². The van der Waals surface area contributed by atoms with E-state index in [1.54, 1.807) is 13.0 Å². The summed E-state index contributed by atoms with van der Waals surface area (Å²) in [4.78, 5) is 10.6. The molecule has 1 aromatic carbocycles. The van der Waals surface area contributed by atoms with Crippen LogP contribution in [0.5, 0.6) is 5.75 Å². The van der Waals surface area contributed by atoms with Crippen LogP contribution in [-0.4, -0.2) is 17.7 Å². The van der Waals surface area contributed by atoms with E-state index in [-0.39, 0.29) is 0 Å². The molecule has 0 fully saturated rings. The number of hydrogen-bond donors (Lipinski definition) is 1. The molecule has 3 heteroatoms. The van der Waals surface area contributed by atoms with Crippen LogP contribution in [0.3, 0.4) is 0 Å². The zero-order chi connectivity index (χ0) is 20.6. The number of hydrogen-bond acceptors (Lipinski definition) is 2. The second-order valence-corrected chi connectivity index (χ2v) is 6.98. The minimum Gasteiger partial charge on any atom is -0.493 e. The Morgan fingerprint density at radius 2 is 1.71 bits per heavy atom. The molecule has 0 spiro atoms. The molecule has 3 nitrogen and oxygen atoms in total. The van der Waals surface area contributed by atoms with Crippen molar-refractivity contribution >= 4 is 12.0 Å². The molecule has 0 heterocycles. The smallest absolute Gasteiger partial charge is 0.328 e. The van der Waals surface area contributed by atoms with Gasteiger partial charge in [0.1, 0.15) is 5.75 Å². The molecule has 0 aromatic heterocycles. The first kappa shape index (κ1) is 23.5. The topological polar surface area (TPSA) is 46.5 Å². The monoisotopic (exact) mass is 382 g/mol. The fourth-order valence-corrected chi connectivity index (χ4v) is 2.69. The van der Waals surface area contributed by atoms with Crippen molar-refractivity contribution < 1.29 is 14.6 Å². The van der Waals surface area contributed by atoms with Crippen molar-refractivity contribution in [3.05, 3.63) is 71.4 Å². The number of ether oxygens (including phenoxy) is 1. The molecule has 1 aromatic rings. The zero-order valence-electron chi connectivity index (χ0n) is 17.5. The quantitative estimate of drug-likeness (QED) is 0.227. The summed E-state index contributed by atoms with van der Waals surface area (Å²) >= 11 is 0. The van der Waals surface area contributed by atoms with Gasteiger partial charge in [-0.1, -0.05) is 93.2 Å². The number of allylic oxidation sites excluding steroid dienone is 6. The molecule has 1 rings (SSSR count). The van der Waals surface area contributed by atoms with Crippen LogP contribution >= 0.6 is 0 Å². The molecular weight excluding hydrogens is 348 g/mol. The van der Waals surface area contributed by atoms with Crippen LogP contribution in [0.1, 0.15) is 64.9 Å². The normalized spacial score (nSPS) is 12.8. The van der Waals surface area contributed by atoms with Crippen molar-refractivity contribution in [3.8, 4) is 5.75 Å². The summed E-state index contributed by atoms with van der Waals surface area (Å²) in [6.45, 7) is 6.76. The van der Waals surface area contributed by atoms with Crippen LogP contribution in [-0.2, 0) is 4.79 Å². The van der Waals surface area contributed by atoms with Crippen molar-refractivity contribution in [2.45, 2.75) is 59.3 Å². The molecule has 0 aliphatic carbocycles. The van der Waals surface area contributed by atoms with Gasteiger partial charge in [-0.2, -0.15) is 0 Å². The lowest BCUT2D eigenvalue weighted by atomic mass is 10.1. The molecule has 0 aliphatic rings. The maximum atomic E-state index is 10.6. The van der Waals surface area contributed by atoms with Crippen molar-refractivity contribution in [2.24, 2.45) is 0 Å². The first-order valence-corrected chi connectivity index (χ1v) is 10.2. The highest BCUT2D eigenvalue weighted by Crippen LogP contribution is 2.20. The number of aliphatic carboxylic acids is 1. The molecule has 0 unspecified atom stereocenters. The fraction of sp³-hybridized carbons (Fsp3) is 0.400. The molecule has 1 N–H and O–H groups in total. The van der Waals surface area contributed by atoms with Crippen molar-refractivity contribution in [1.82, 2.24) is 0 Å². The minimum absolute atomic E-state index is 0.703. The number of carboxylic acid groups (broad SMARTS) is 1. The number of carbonyl (C=O) groups is 1. The molecule has 0 aliphatic heterocycles. The van der Waals surface area contributed by atoms with E-state index in [0.29, 0.717) is 5.57 Å². The van der Waals surface area contributed by atoms with Crippen LogP contribution in [0.2, 0.25) is 0 Å². The van der Waals surface area contributed by atoms with Crippen LogP contribution in [0, 0.1) is 0 Å². The Morgan fingerprint density at radius 1 is 1.00 bits per heavy atom. The van der Waals surface area contributed by atoms with Crippen LogP contribution in [0.25, 0.3) is 6.08 Å². The largest absolute Gasteiger partial charge is 0.493 e. The molecule has 152 valence electrons. The second-order valence-electron chi connectivity index (χ2n) is 6.98. The van der Waals surface area contributed by atoms with Gasteiger partial charge in [-0.3, -0.25) is 0 Å². The molecule has 0 amide bonds. The summed E-state index contributed by atoms with van der Waals surface area (Å²) in [5.74, 6) is -0.0174. The number of carboxylic acids is 1. The van der Waals surface area contributed by atoms with E-state index in [1.165, 1.54) is 38.2 Å². The van der Waals surface area contributed by atoms with Gasteiger partial charge in [0, 0.05) is 11.6 Å². The predicted octanol–water partition coefficient (Wildman–Crippen LogP) is 6.97. The third-order valence-corrected chi connectivity index (χ3v) is 4.27. The SMILES string of the molecule is CCCCCCCCOc1ccccc1/C=C/C(C)=C/C=C/C(C)=C/C(=O)O. The van der Waals surface area contributed by atoms with Crippen LogP contribution < -0.4 is 4.74 Å². The maximum absolute atomic E-state index is 10.6. The average molecular weight is 383 g/mol. The Bertz CT molecular complexity index is 708. The van der Waals surface area contributed by atoms with E-state index >= 15 is 0 Å².